The summed E-state index contributed by atoms with van der Waals surface area (Å²) in [6, 6.07) is 7.54. The van der Waals surface area contributed by atoms with Gasteiger partial charge in [0, 0.05) is 35.7 Å². The van der Waals surface area contributed by atoms with Crippen LogP contribution in [0.25, 0.3) is 0 Å². The first-order valence-electron chi connectivity index (χ1n) is 7.13. The Morgan fingerprint density at radius 1 is 1.33 bits per heavy atom. The van der Waals surface area contributed by atoms with Crippen LogP contribution in [0.5, 0.6) is 0 Å². The van der Waals surface area contributed by atoms with Crippen LogP contribution in [0.15, 0.2) is 24.3 Å². The first-order valence-corrected chi connectivity index (χ1v) is 7.13. The van der Waals surface area contributed by atoms with E-state index in [1.54, 1.807) is 12.1 Å². The number of benzene rings is 1. The number of hydrogen-bond donors (Lipinski definition) is 2. The number of carbonyl (C=O) groups excluding carboxylic acids is 1. The monoisotopic (exact) mass is 286 g/mol. The number of nitrogens with one attached hydrogen (secondary N) is 1. The van der Waals surface area contributed by atoms with Gasteiger partial charge in [0.2, 0.25) is 0 Å². The molecule has 0 spiro atoms. The lowest BCUT2D eigenvalue weighted by Gasteiger charge is -2.10. The molecule has 1 aromatic heterocycles. The normalized spacial score (nSPS) is 10.6. The summed E-state index contributed by atoms with van der Waals surface area (Å²) in [5.41, 5.74) is 10.0. The van der Waals surface area contributed by atoms with E-state index in [9.17, 15) is 4.79 Å². The third kappa shape index (κ3) is 3.84. The number of anilines is 2. The summed E-state index contributed by atoms with van der Waals surface area (Å²) in [4.78, 5) is 11.5. The second-order valence-corrected chi connectivity index (χ2v) is 5.29. The maximum Gasteiger partial charge on any atom is 0.161 e. The van der Waals surface area contributed by atoms with E-state index in [1.165, 1.54) is 12.6 Å². The molecule has 0 aliphatic rings. The molecule has 112 valence electrons. The minimum absolute atomic E-state index is 0.0150. The molecule has 0 bridgehead atoms. The summed E-state index contributed by atoms with van der Waals surface area (Å²) < 4.78 is 2.01. The number of carbonyl (C=O) groups is 1. The molecule has 0 aliphatic carbocycles. The average molecular weight is 286 g/mol. The van der Waals surface area contributed by atoms with Gasteiger partial charge in [0.25, 0.3) is 0 Å². The van der Waals surface area contributed by atoms with Gasteiger partial charge < -0.3 is 11.1 Å². The highest BCUT2D eigenvalue weighted by molar-refractivity contribution is 5.99. The Balaban J connectivity index is 1.88. The van der Waals surface area contributed by atoms with E-state index >= 15 is 0 Å². The third-order valence-electron chi connectivity index (χ3n) is 3.41. The number of nitrogens with zero attached hydrogens (tertiary/aromatic N) is 2. The van der Waals surface area contributed by atoms with Crippen LogP contribution in [0.2, 0.25) is 0 Å². The van der Waals surface area contributed by atoms with Crippen molar-refractivity contribution in [3.05, 3.63) is 41.2 Å². The van der Waals surface area contributed by atoms with Crippen molar-refractivity contribution in [3.63, 3.8) is 0 Å². The fourth-order valence-corrected chi connectivity index (χ4v) is 2.33. The maximum absolute atomic E-state index is 11.5. The van der Waals surface area contributed by atoms with E-state index < -0.39 is 0 Å². The first-order chi connectivity index (χ1) is 9.97. The van der Waals surface area contributed by atoms with Crippen molar-refractivity contribution >= 4 is 17.2 Å². The Kier molecular flexibility index (Phi) is 4.62. The Labute approximate surface area is 125 Å². The molecule has 0 unspecified atom stereocenters. The Morgan fingerprint density at radius 2 is 2.10 bits per heavy atom. The van der Waals surface area contributed by atoms with E-state index in [0.717, 1.165) is 30.9 Å². The summed E-state index contributed by atoms with van der Waals surface area (Å²) in [7, 11) is 0. The molecule has 5 nitrogen and oxygen atoms in total. The van der Waals surface area contributed by atoms with E-state index in [0.29, 0.717) is 11.3 Å². The lowest BCUT2D eigenvalue weighted by molar-refractivity contribution is 0.101. The summed E-state index contributed by atoms with van der Waals surface area (Å²) in [5.74, 6) is -0.0150. The zero-order valence-corrected chi connectivity index (χ0v) is 12.8. The zero-order chi connectivity index (χ0) is 15.4. The molecule has 0 saturated carbocycles. The van der Waals surface area contributed by atoms with Crippen LogP contribution in [0, 0.1) is 13.8 Å². The molecular weight excluding hydrogens is 264 g/mol. The van der Waals surface area contributed by atoms with Crippen molar-refractivity contribution in [1.29, 1.82) is 0 Å². The molecule has 0 radical (unpaired) electrons. The molecule has 1 aromatic carbocycles. The van der Waals surface area contributed by atoms with Crippen LogP contribution in [0.1, 0.15) is 35.1 Å². The molecule has 3 N–H and O–H groups in total. The molecule has 0 atom stereocenters. The van der Waals surface area contributed by atoms with Crippen LogP contribution in [0.3, 0.4) is 0 Å². The van der Waals surface area contributed by atoms with Crippen LogP contribution < -0.4 is 11.1 Å². The lowest BCUT2D eigenvalue weighted by atomic mass is 10.1. The highest BCUT2D eigenvalue weighted by atomic mass is 16.1. The first kappa shape index (κ1) is 15.1. The molecule has 0 aliphatic heterocycles. The van der Waals surface area contributed by atoms with Crippen molar-refractivity contribution in [3.8, 4) is 0 Å². The van der Waals surface area contributed by atoms with Gasteiger partial charge in [-0.05, 0) is 51.5 Å². The summed E-state index contributed by atoms with van der Waals surface area (Å²) in [5, 5.41) is 7.75. The molecule has 0 saturated heterocycles. The van der Waals surface area contributed by atoms with Gasteiger partial charge in [0.1, 0.15) is 0 Å². The standard InChI is InChI=1S/C16H22N4O/c1-11-9-12(2)20(19-11)8-4-7-18-14-5-6-16(17)15(10-14)13(3)21/h5-6,9-10,18H,4,7-8,17H2,1-3H3. The lowest BCUT2D eigenvalue weighted by Crippen LogP contribution is -2.09. The third-order valence-corrected chi connectivity index (χ3v) is 3.41. The largest absolute Gasteiger partial charge is 0.398 e. The Hall–Kier alpha value is -2.30. The van der Waals surface area contributed by atoms with Gasteiger partial charge in [0.05, 0.1) is 5.69 Å². The minimum Gasteiger partial charge on any atom is -0.398 e. The molecule has 0 fully saturated rings. The van der Waals surface area contributed by atoms with E-state index in [2.05, 4.69) is 23.4 Å². The molecule has 21 heavy (non-hydrogen) atoms. The van der Waals surface area contributed by atoms with Crippen LogP contribution in [-0.4, -0.2) is 22.1 Å². The molecule has 2 rings (SSSR count). The van der Waals surface area contributed by atoms with Crippen molar-refractivity contribution < 1.29 is 4.79 Å². The number of aromatic nitrogens is 2. The van der Waals surface area contributed by atoms with Gasteiger partial charge >= 0.3 is 0 Å². The van der Waals surface area contributed by atoms with E-state index in [-0.39, 0.29) is 5.78 Å². The van der Waals surface area contributed by atoms with Crippen molar-refractivity contribution in [2.24, 2.45) is 0 Å². The number of hydrogen-bond acceptors (Lipinski definition) is 4. The molecule has 1 heterocycles. The van der Waals surface area contributed by atoms with Gasteiger partial charge in [-0.25, -0.2) is 0 Å². The molecule has 5 heteroatoms. The smallest absolute Gasteiger partial charge is 0.161 e. The predicted molar refractivity (Wildman–Crippen MR) is 85.7 cm³/mol. The summed E-state index contributed by atoms with van der Waals surface area (Å²) in [6.45, 7) is 7.28. The minimum atomic E-state index is -0.0150. The van der Waals surface area contributed by atoms with Crippen molar-refractivity contribution in [1.82, 2.24) is 9.78 Å². The van der Waals surface area contributed by atoms with Crippen molar-refractivity contribution in [2.75, 3.05) is 17.6 Å². The predicted octanol–water partition coefficient (Wildman–Crippen LogP) is 2.79. The molecule has 0 amide bonds. The van der Waals surface area contributed by atoms with Crippen LogP contribution in [-0.2, 0) is 6.54 Å². The fourth-order valence-electron chi connectivity index (χ4n) is 2.33. The van der Waals surface area contributed by atoms with Gasteiger partial charge in [-0.2, -0.15) is 5.10 Å². The topological polar surface area (TPSA) is 72.9 Å². The molecular formula is C16H22N4O. The Morgan fingerprint density at radius 3 is 2.71 bits per heavy atom. The number of ketones is 1. The average Bonchev–Trinajstić information content (AvgIpc) is 2.74. The number of rotatable bonds is 6. The van der Waals surface area contributed by atoms with Gasteiger partial charge in [-0.3, -0.25) is 9.48 Å². The number of nitrogens with two attached hydrogens (primary N) is 1. The summed E-state index contributed by atoms with van der Waals surface area (Å²) >= 11 is 0. The highest BCUT2D eigenvalue weighted by Gasteiger charge is 2.05. The second kappa shape index (κ2) is 6.43. The number of aryl methyl sites for hydroxylation is 3. The van der Waals surface area contributed by atoms with E-state index in [4.69, 9.17) is 5.73 Å². The summed E-state index contributed by atoms with van der Waals surface area (Å²) in [6.07, 6.45) is 0.960. The second-order valence-electron chi connectivity index (χ2n) is 5.29. The van der Waals surface area contributed by atoms with Crippen LogP contribution in [0.4, 0.5) is 11.4 Å². The number of nitrogen functional groups attached to an aromatic ring is 1. The van der Waals surface area contributed by atoms with Crippen molar-refractivity contribution in [2.45, 2.75) is 33.7 Å². The SMILES string of the molecule is CC(=O)c1cc(NCCCn2nc(C)cc2C)ccc1N. The molecule has 2 aromatic rings. The zero-order valence-electron chi connectivity index (χ0n) is 12.8. The Bertz CT molecular complexity index is 646. The van der Waals surface area contributed by atoms with Gasteiger partial charge in [-0.15, -0.1) is 0 Å². The quantitative estimate of drug-likeness (QED) is 0.486. The number of Topliss-reactive ketones (excluding diaryl/α,β-unsaturated/α-hetero) is 1. The maximum atomic E-state index is 11.5. The highest BCUT2D eigenvalue weighted by Crippen LogP contribution is 2.18. The van der Waals surface area contributed by atoms with Gasteiger partial charge in [-0.1, -0.05) is 0 Å². The van der Waals surface area contributed by atoms with Gasteiger partial charge in [0.15, 0.2) is 5.78 Å². The van der Waals surface area contributed by atoms with E-state index in [1.807, 2.05) is 17.7 Å². The fraction of sp³-hybridized carbons (Fsp3) is 0.375. The van der Waals surface area contributed by atoms with Crippen LogP contribution >= 0.6 is 0 Å².